The zero-order chi connectivity index (χ0) is 43.6. The van der Waals surface area contributed by atoms with Crippen molar-refractivity contribution >= 4 is 54.1 Å². The van der Waals surface area contributed by atoms with Gasteiger partial charge in [0.05, 0.1) is 17.8 Å². The van der Waals surface area contributed by atoms with E-state index in [-0.39, 0.29) is 55.1 Å². The van der Waals surface area contributed by atoms with E-state index in [9.17, 15) is 5.48 Å². The molecule has 1 nitrogen and oxygen atoms in total. The van der Waals surface area contributed by atoms with Crippen LogP contribution >= 0.6 is 0 Å². The van der Waals surface area contributed by atoms with Crippen molar-refractivity contribution in [2.24, 2.45) is 0 Å². The van der Waals surface area contributed by atoms with Gasteiger partial charge < -0.3 is 4.42 Å². The molecular formula is C48H30O. The van der Waals surface area contributed by atoms with Gasteiger partial charge in [0.1, 0.15) is 11.3 Å². The van der Waals surface area contributed by atoms with Crippen LogP contribution in [0.15, 0.2) is 186 Å². The smallest absolute Gasteiger partial charge is 0.143 e. The first-order chi connectivity index (χ1) is 29.7. The zero-order valence-electron chi connectivity index (χ0n) is 38.7. The first-order valence-corrected chi connectivity index (χ1v) is 15.8. The highest BCUT2D eigenvalue weighted by Crippen LogP contribution is 2.49. The third kappa shape index (κ3) is 4.40. The minimum atomic E-state index is -0.638. The second-order valence-corrected chi connectivity index (χ2v) is 11.9. The van der Waals surface area contributed by atoms with Crippen LogP contribution < -0.4 is 0 Å². The van der Waals surface area contributed by atoms with Crippen LogP contribution in [-0.4, -0.2) is 0 Å². The van der Waals surface area contributed by atoms with Crippen LogP contribution in [0.1, 0.15) is 17.8 Å². The third-order valence-electron chi connectivity index (χ3n) is 9.18. The van der Waals surface area contributed by atoms with Crippen molar-refractivity contribution in [2.75, 3.05) is 0 Å². The Kier molecular flexibility index (Phi) is 3.99. The van der Waals surface area contributed by atoms with Gasteiger partial charge in [0.15, 0.2) is 0 Å². The molecular weight excluding hydrogens is 593 g/mol. The maximum absolute atomic E-state index is 9.53. The van der Waals surface area contributed by atoms with Gasteiger partial charge in [-0.15, -0.1) is 0 Å². The van der Waals surface area contributed by atoms with Crippen LogP contribution in [0, 0.1) is 0 Å². The van der Waals surface area contributed by atoms with E-state index < -0.39 is 78.6 Å². The van der Waals surface area contributed by atoms with Crippen LogP contribution in [0.4, 0.5) is 0 Å². The summed E-state index contributed by atoms with van der Waals surface area (Å²) in [6.45, 7) is 0. The molecule has 10 rings (SSSR count). The van der Waals surface area contributed by atoms with E-state index in [4.69, 9.17) is 16.8 Å². The highest BCUT2D eigenvalue weighted by Gasteiger charge is 2.23. The van der Waals surface area contributed by atoms with Crippen molar-refractivity contribution in [3.8, 4) is 44.7 Å². The predicted molar refractivity (Wildman–Crippen MR) is 208 cm³/mol. The van der Waals surface area contributed by atoms with Gasteiger partial charge in [-0.3, -0.25) is 0 Å². The van der Waals surface area contributed by atoms with Gasteiger partial charge in [-0.1, -0.05) is 163 Å². The molecule has 1 aromatic heterocycles. The number of hydrogen-bond acceptors (Lipinski definition) is 1. The molecule has 0 amide bonds. The highest BCUT2D eigenvalue weighted by molar-refractivity contribution is 6.25. The first kappa shape index (κ1) is 17.6. The third-order valence-corrected chi connectivity index (χ3v) is 9.18. The fraction of sp³-hybridized carbons (Fsp3) is 0. The Hall–Kier alpha value is -6.44. The average molecular weight is 636 g/mol. The molecule has 0 N–H and O–H groups in total. The van der Waals surface area contributed by atoms with Crippen LogP contribution in [-0.2, 0) is 0 Å². The van der Waals surface area contributed by atoms with E-state index in [0.29, 0.717) is 10.9 Å². The first-order valence-electron chi connectivity index (χ1n) is 22.3. The molecule has 0 fully saturated rings. The van der Waals surface area contributed by atoms with Crippen LogP contribution in [0.2, 0.25) is 0 Å². The van der Waals surface area contributed by atoms with Crippen LogP contribution in [0.25, 0.3) is 98.8 Å². The number of rotatable bonds is 4. The Balaban J connectivity index is 1.38. The molecule has 0 saturated heterocycles. The van der Waals surface area contributed by atoms with E-state index in [0.717, 1.165) is 32.7 Å². The topological polar surface area (TPSA) is 13.1 Å². The number of benzene rings is 9. The molecule has 49 heavy (non-hydrogen) atoms. The molecule has 0 aliphatic heterocycles. The van der Waals surface area contributed by atoms with Gasteiger partial charge in [-0.2, -0.15) is 0 Å². The molecule has 0 radical (unpaired) electrons. The molecule has 10 aromatic rings. The summed E-state index contributed by atoms with van der Waals surface area (Å²) in [7, 11) is 0. The lowest BCUT2D eigenvalue weighted by Crippen LogP contribution is -1.92. The number of para-hydroxylation sites is 1. The lowest BCUT2D eigenvalue weighted by atomic mass is 9.84. The largest absolute Gasteiger partial charge is 0.455 e. The second-order valence-electron chi connectivity index (χ2n) is 11.9. The molecule has 9 aromatic carbocycles. The Morgan fingerprint density at radius 3 is 1.71 bits per heavy atom. The standard InChI is InChI=1S/C48H30O/c1-2-14-32(15-3-1)48-47(43-23-10-11-24-44(43)49-48)46-41-21-8-6-19-39(41)45(40-20-7-9-22-42(40)46)36-17-12-16-33(30-36)34-27-28-38-35(29-34)26-25-31-13-4-5-18-37(31)38/h1-30H/i1D,2D,3D,6D,7D,8D,9D,14D,15D,19D,20D,21D,22D. The molecule has 0 atom stereocenters. The summed E-state index contributed by atoms with van der Waals surface area (Å²) in [5, 5.41) is 4.30. The molecule has 1 heteroatoms. The Bertz CT molecular complexity index is 3520. The molecule has 1 heterocycles. The minimum Gasteiger partial charge on any atom is -0.455 e. The van der Waals surface area contributed by atoms with Gasteiger partial charge >= 0.3 is 0 Å². The van der Waals surface area contributed by atoms with Gasteiger partial charge in [0.25, 0.3) is 0 Å². The van der Waals surface area contributed by atoms with E-state index in [2.05, 4.69) is 36.4 Å². The van der Waals surface area contributed by atoms with Crippen molar-refractivity contribution in [3.63, 3.8) is 0 Å². The van der Waals surface area contributed by atoms with Crippen LogP contribution in [0.5, 0.6) is 0 Å². The normalized spacial score (nSPS) is 15.4. The van der Waals surface area contributed by atoms with Crippen molar-refractivity contribution in [1.82, 2.24) is 0 Å². The van der Waals surface area contributed by atoms with Crippen LogP contribution in [0.3, 0.4) is 0 Å². The fourth-order valence-corrected chi connectivity index (χ4v) is 7.04. The van der Waals surface area contributed by atoms with Crippen molar-refractivity contribution < 1.29 is 22.2 Å². The van der Waals surface area contributed by atoms with Gasteiger partial charge in [-0.05, 0) is 83.5 Å². The van der Waals surface area contributed by atoms with Crippen molar-refractivity contribution in [1.29, 1.82) is 0 Å². The lowest BCUT2D eigenvalue weighted by molar-refractivity contribution is 0.632. The van der Waals surface area contributed by atoms with E-state index in [1.54, 1.807) is 36.4 Å². The Labute approximate surface area is 302 Å². The summed E-state index contributed by atoms with van der Waals surface area (Å²) in [5.41, 5.74) is 1.99. The summed E-state index contributed by atoms with van der Waals surface area (Å²) >= 11 is 0. The number of hydrogen-bond donors (Lipinski definition) is 0. The molecule has 0 saturated carbocycles. The van der Waals surface area contributed by atoms with Gasteiger partial charge in [-0.25, -0.2) is 0 Å². The monoisotopic (exact) mass is 635 g/mol. The average Bonchev–Trinajstić information content (AvgIpc) is 3.67. The lowest BCUT2D eigenvalue weighted by Gasteiger charge is -2.18. The fourth-order valence-electron chi connectivity index (χ4n) is 7.04. The van der Waals surface area contributed by atoms with Gasteiger partial charge in [0, 0.05) is 22.1 Å². The summed E-state index contributed by atoms with van der Waals surface area (Å²) in [6, 6.07) is 24.8. The summed E-state index contributed by atoms with van der Waals surface area (Å²) < 4.78 is 123. The number of furan rings is 1. The predicted octanol–water partition coefficient (Wildman–Crippen LogP) is 13.7. The zero-order valence-corrected chi connectivity index (χ0v) is 25.7. The van der Waals surface area contributed by atoms with Gasteiger partial charge in [0.2, 0.25) is 0 Å². The molecule has 0 unspecified atom stereocenters. The van der Waals surface area contributed by atoms with Crippen molar-refractivity contribution in [2.45, 2.75) is 0 Å². The minimum absolute atomic E-state index is 0.0354. The second kappa shape index (κ2) is 11.1. The van der Waals surface area contributed by atoms with E-state index in [1.165, 1.54) is 0 Å². The molecule has 0 aliphatic carbocycles. The van der Waals surface area contributed by atoms with Crippen molar-refractivity contribution in [3.05, 3.63) is 182 Å². The summed E-state index contributed by atoms with van der Waals surface area (Å²) in [5.74, 6) is -0.232. The van der Waals surface area contributed by atoms with E-state index >= 15 is 0 Å². The SMILES string of the molecule is [2H]c1c([2H])c([2H])c(-c2oc3ccccc3c2-c2c3c([2H])c([2H])c([2H])c([2H])c3c(-c3cccc(-c4ccc5c(ccc6ccccc65)c4)c3)c3c([2H])c([2H])c([2H])c([2H])c23)c([2H])c1[2H]. The Morgan fingerprint density at radius 1 is 0.347 bits per heavy atom. The molecule has 0 spiro atoms. The summed E-state index contributed by atoms with van der Waals surface area (Å²) in [6.07, 6.45) is 0. The number of fused-ring (bicyclic) bond motifs is 6. The molecule has 0 aliphatic rings. The quantitative estimate of drug-likeness (QED) is 0.139. The maximum Gasteiger partial charge on any atom is 0.143 e. The summed E-state index contributed by atoms with van der Waals surface area (Å²) in [4.78, 5) is 0. The Morgan fingerprint density at radius 2 is 0.939 bits per heavy atom. The molecule has 228 valence electrons. The maximum atomic E-state index is 9.53. The molecule has 0 bridgehead atoms. The highest BCUT2D eigenvalue weighted by atomic mass is 16.3. The van der Waals surface area contributed by atoms with E-state index in [1.807, 2.05) is 30.3 Å².